The molecule has 1 saturated heterocycles. The molecule has 0 aliphatic carbocycles. The fourth-order valence-corrected chi connectivity index (χ4v) is 2.61. The third-order valence-corrected chi connectivity index (χ3v) is 3.68. The molecule has 1 aromatic carbocycles. The predicted octanol–water partition coefficient (Wildman–Crippen LogP) is 2.00. The van der Waals surface area contributed by atoms with Crippen molar-refractivity contribution in [2.45, 2.75) is 32.4 Å². The number of β-amino-alcohol motifs (C(OH)–C–C–N with tert-alkyl or cyclic N) is 1. The maximum absolute atomic E-state index is 9.67. The Hall–Kier alpha value is -1.72. The molecule has 5 nitrogen and oxygen atoms in total. The Kier molecular flexibility index (Phi) is 3.80. The number of likely N-dealkylation sites (tertiary alicyclic amines) is 1. The SMILES string of the molecule is Cc1ccccc1-c1nnc(CN2CCCC(O)C2)o1. The molecular weight excluding hydrogens is 254 g/mol. The van der Waals surface area contributed by atoms with Crippen LogP contribution in [0.3, 0.4) is 0 Å². The van der Waals surface area contributed by atoms with Crippen molar-refractivity contribution < 1.29 is 9.52 Å². The number of aliphatic hydroxyl groups is 1. The van der Waals surface area contributed by atoms with Gasteiger partial charge in [-0.15, -0.1) is 10.2 Å². The zero-order valence-electron chi connectivity index (χ0n) is 11.6. The van der Waals surface area contributed by atoms with Crippen LogP contribution in [0.4, 0.5) is 0 Å². The van der Waals surface area contributed by atoms with Crippen LogP contribution in [0.1, 0.15) is 24.3 Å². The number of benzene rings is 1. The molecule has 20 heavy (non-hydrogen) atoms. The van der Waals surface area contributed by atoms with Gasteiger partial charge in [0.2, 0.25) is 11.8 Å². The molecule has 2 heterocycles. The summed E-state index contributed by atoms with van der Waals surface area (Å²) in [6.45, 7) is 4.29. The number of hydrogen-bond donors (Lipinski definition) is 1. The first-order valence-corrected chi connectivity index (χ1v) is 7.01. The van der Waals surface area contributed by atoms with Crippen LogP contribution in [-0.4, -0.2) is 39.4 Å². The van der Waals surface area contributed by atoms with E-state index in [9.17, 15) is 5.11 Å². The number of aliphatic hydroxyl groups excluding tert-OH is 1. The van der Waals surface area contributed by atoms with Crippen LogP contribution in [0.25, 0.3) is 11.5 Å². The van der Waals surface area contributed by atoms with Crippen molar-refractivity contribution in [1.82, 2.24) is 15.1 Å². The lowest BCUT2D eigenvalue weighted by Gasteiger charge is -2.28. The lowest BCUT2D eigenvalue weighted by atomic mass is 10.1. The van der Waals surface area contributed by atoms with Crippen LogP contribution in [0.2, 0.25) is 0 Å². The minimum absolute atomic E-state index is 0.234. The molecule has 1 aliphatic rings. The van der Waals surface area contributed by atoms with Gasteiger partial charge in [0.05, 0.1) is 12.6 Å². The normalized spacial score (nSPS) is 20.2. The van der Waals surface area contributed by atoms with Crippen LogP contribution in [-0.2, 0) is 6.54 Å². The monoisotopic (exact) mass is 273 g/mol. The van der Waals surface area contributed by atoms with E-state index in [4.69, 9.17) is 4.42 Å². The molecule has 2 aromatic rings. The zero-order valence-corrected chi connectivity index (χ0v) is 11.6. The van der Waals surface area contributed by atoms with Crippen molar-refractivity contribution >= 4 is 0 Å². The van der Waals surface area contributed by atoms with Gasteiger partial charge in [0, 0.05) is 12.1 Å². The van der Waals surface area contributed by atoms with E-state index in [-0.39, 0.29) is 6.10 Å². The Bertz CT molecular complexity index is 582. The lowest BCUT2D eigenvalue weighted by Crippen LogP contribution is -2.37. The first-order valence-electron chi connectivity index (χ1n) is 7.01. The Morgan fingerprint density at radius 1 is 1.35 bits per heavy atom. The van der Waals surface area contributed by atoms with E-state index in [2.05, 4.69) is 15.1 Å². The summed E-state index contributed by atoms with van der Waals surface area (Å²) in [5, 5.41) is 17.9. The summed E-state index contributed by atoms with van der Waals surface area (Å²) < 4.78 is 5.74. The van der Waals surface area contributed by atoms with Crippen LogP contribution >= 0.6 is 0 Å². The van der Waals surface area contributed by atoms with Crippen molar-refractivity contribution in [2.24, 2.45) is 0 Å². The van der Waals surface area contributed by atoms with Crippen molar-refractivity contribution in [3.63, 3.8) is 0 Å². The largest absolute Gasteiger partial charge is 0.419 e. The van der Waals surface area contributed by atoms with Gasteiger partial charge in [0.1, 0.15) is 0 Å². The van der Waals surface area contributed by atoms with Crippen molar-refractivity contribution in [3.05, 3.63) is 35.7 Å². The molecule has 0 radical (unpaired) electrons. The van der Waals surface area contributed by atoms with E-state index in [1.54, 1.807) is 0 Å². The van der Waals surface area contributed by atoms with Crippen LogP contribution in [0.5, 0.6) is 0 Å². The lowest BCUT2D eigenvalue weighted by molar-refractivity contribution is 0.0625. The first kappa shape index (κ1) is 13.3. The van der Waals surface area contributed by atoms with Gasteiger partial charge in [-0.1, -0.05) is 18.2 Å². The smallest absolute Gasteiger partial charge is 0.248 e. The second-order valence-electron chi connectivity index (χ2n) is 5.35. The number of piperidine rings is 1. The van der Waals surface area contributed by atoms with E-state index < -0.39 is 0 Å². The molecule has 1 atom stereocenters. The van der Waals surface area contributed by atoms with Gasteiger partial charge in [-0.05, 0) is 37.9 Å². The average molecular weight is 273 g/mol. The summed E-state index contributed by atoms with van der Waals surface area (Å²) in [6, 6.07) is 7.97. The van der Waals surface area contributed by atoms with Crippen molar-refractivity contribution in [2.75, 3.05) is 13.1 Å². The molecule has 1 aromatic heterocycles. The maximum Gasteiger partial charge on any atom is 0.248 e. The second-order valence-corrected chi connectivity index (χ2v) is 5.35. The molecule has 0 bridgehead atoms. The van der Waals surface area contributed by atoms with Gasteiger partial charge in [0.25, 0.3) is 0 Å². The van der Waals surface area contributed by atoms with Gasteiger partial charge in [-0.2, -0.15) is 0 Å². The topological polar surface area (TPSA) is 62.4 Å². The van der Waals surface area contributed by atoms with Gasteiger partial charge in [-0.3, -0.25) is 4.90 Å². The number of aromatic nitrogens is 2. The van der Waals surface area contributed by atoms with Crippen LogP contribution in [0.15, 0.2) is 28.7 Å². The molecular formula is C15H19N3O2. The van der Waals surface area contributed by atoms with Gasteiger partial charge in [0.15, 0.2) is 0 Å². The minimum Gasteiger partial charge on any atom is -0.419 e. The van der Waals surface area contributed by atoms with Crippen LogP contribution in [0, 0.1) is 6.92 Å². The third-order valence-electron chi connectivity index (χ3n) is 3.68. The molecule has 1 N–H and O–H groups in total. The highest BCUT2D eigenvalue weighted by molar-refractivity contribution is 5.57. The fourth-order valence-electron chi connectivity index (χ4n) is 2.61. The Morgan fingerprint density at radius 2 is 2.20 bits per heavy atom. The standard InChI is InChI=1S/C15H19N3O2/c1-11-5-2-3-7-13(11)15-17-16-14(20-15)10-18-8-4-6-12(19)9-18/h2-3,5,7,12,19H,4,6,8-10H2,1H3. The third kappa shape index (κ3) is 2.89. The first-order chi connectivity index (χ1) is 9.72. The van der Waals surface area contributed by atoms with Gasteiger partial charge in [-0.25, -0.2) is 0 Å². The van der Waals surface area contributed by atoms with Gasteiger partial charge < -0.3 is 9.52 Å². The quantitative estimate of drug-likeness (QED) is 0.926. The number of hydrogen-bond acceptors (Lipinski definition) is 5. The van der Waals surface area contributed by atoms with Crippen molar-refractivity contribution in [1.29, 1.82) is 0 Å². The van der Waals surface area contributed by atoms with E-state index in [1.165, 1.54) is 0 Å². The molecule has 0 saturated carbocycles. The fraction of sp³-hybridized carbons (Fsp3) is 0.467. The molecule has 0 spiro atoms. The van der Waals surface area contributed by atoms with E-state index in [0.717, 1.165) is 30.5 Å². The molecule has 1 fully saturated rings. The van der Waals surface area contributed by atoms with Crippen LogP contribution < -0.4 is 0 Å². The highest BCUT2D eigenvalue weighted by Crippen LogP contribution is 2.22. The zero-order chi connectivity index (χ0) is 13.9. The minimum atomic E-state index is -0.234. The highest BCUT2D eigenvalue weighted by Gasteiger charge is 2.20. The van der Waals surface area contributed by atoms with Crippen molar-refractivity contribution in [3.8, 4) is 11.5 Å². The maximum atomic E-state index is 9.67. The second kappa shape index (κ2) is 5.73. The molecule has 1 aliphatic heterocycles. The molecule has 1 unspecified atom stereocenters. The summed E-state index contributed by atoms with van der Waals surface area (Å²) in [6.07, 6.45) is 1.66. The molecule has 106 valence electrons. The summed E-state index contributed by atoms with van der Waals surface area (Å²) in [4.78, 5) is 2.16. The summed E-state index contributed by atoms with van der Waals surface area (Å²) in [5.74, 6) is 1.17. The highest BCUT2D eigenvalue weighted by atomic mass is 16.4. The van der Waals surface area contributed by atoms with Gasteiger partial charge >= 0.3 is 0 Å². The summed E-state index contributed by atoms with van der Waals surface area (Å²) >= 11 is 0. The average Bonchev–Trinajstić information content (AvgIpc) is 2.87. The van der Waals surface area contributed by atoms with E-state index in [1.807, 2.05) is 31.2 Å². The van der Waals surface area contributed by atoms with E-state index >= 15 is 0 Å². The number of nitrogens with zero attached hydrogens (tertiary/aromatic N) is 3. The van der Waals surface area contributed by atoms with E-state index in [0.29, 0.717) is 24.9 Å². The number of rotatable bonds is 3. The molecule has 3 rings (SSSR count). The Balaban J connectivity index is 1.72. The molecule has 5 heteroatoms. The molecule has 0 amide bonds. The Morgan fingerprint density at radius 3 is 3.00 bits per heavy atom. The Labute approximate surface area is 118 Å². The predicted molar refractivity (Wildman–Crippen MR) is 75.0 cm³/mol. The summed E-state index contributed by atoms with van der Waals surface area (Å²) in [7, 11) is 0. The summed E-state index contributed by atoms with van der Waals surface area (Å²) in [5.41, 5.74) is 2.10. The number of aryl methyl sites for hydroxylation is 1.